The van der Waals surface area contributed by atoms with Gasteiger partial charge >= 0.3 is 0 Å². The Morgan fingerprint density at radius 3 is 2.77 bits per heavy atom. The number of carbonyl (C=O) groups is 1. The number of aryl methyl sites for hydroxylation is 1. The van der Waals surface area contributed by atoms with Gasteiger partial charge in [-0.15, -0.1) is 0 Å². The molecule has 2 rings (SSSR count). The molecule has 0 spiro atoms. The predicted octanol–water partition coefficient (Wildman–Crippen LogP) is 3.03. The maximum Gasteiger partial charge on any atom is 0.229 e. The standard InChI is InChI=1S/C22H30N6O2/c1-4-20(29)23-12-7-5-6-9-18-15-26-22(27-19-11-10-17(2)25-16-19)28-21(18)24-13-8-14-30-3/h10-11,15-16H,4-5,7-8,12-14H2,1-3H3,(H,23,29)(H2,24,26,27,28). The molecule has 0 fully saturated rings. The lowest BCUT2D eigenvalue weighted by Crippen LogP contribution is -2.22. The highest BCUT2D eigenvalue weighted by atomic mass is 16.5. The van der Waals surface area contributed by atoms with E-state index < -0.39 is 0 Å². The molecule has 3 N–H and O–H groups in total. The summed E-state index contributed by atoms with van der Waals surface area (Å²) in [5, 5.41) is 9.32. The topological polar surface area (TPSA) is 101 Å². The van der Waals surface area contributed by atoms with Gasteiger partial charge in [0, 0.05) is 45.3 Å². The molecule has 160 valence electrons. The van der Waals surface area contributed by atoms with Crippen LogP contribution in [0.5, 0.6) is 0 Å². The second-order valence-electron chi connectivity index (χ2n) is 6.65. The summed E-state index contributed by atoms with van der Waals surface area (Å²) in [4.78, 5) is 24.5. The fourth-order valence-electron chi connectivity index (χ4n) is 2.45. The van der Waals surface area contributed by atoms with E-state index in [0.29, 0.717) is 44.3 Å². The van der Waals surface area contributed by atoms with Crippen LogP contribution in [0.25, 0.3) is 0 Å². The molecular formula is C22H30N6O2. The van der Waals surface area contributed by atoms with E-state index in [9.17, 15) is 4.79 Å². The third kappa shape index (κ3) is 8.45. The summed E-state index contributed by atoms with van der Waals surface area (Å²) in [5.74, 6) is 7.48. The van der Waals surface area contributed by atoms with Gasteiger partial charge in [-0.1, -0.05) is 18.8 Å². The number of carbonyl (C=O) groups excluding carboxylic acids is 1. The van der Waals surface area contributed by atoms with E-state index in [1.165, 1.54) is 0 Å². The minimum atomic E-state index is 0.0609. The van der Waals surface area contributed by atoms with Crippen molar-refractivity contribution in [3.8, 4) is 11.8 Å². The molecule has 2 aromatic heterocycles. The first kappa shape index (κ1) is 23.1. The van der Waals surface area contributed by atoms with Crippen LogP contribution in [0.2, 0.25) is 0 Å². The van der Waals surface area contributed by atoms with Gasteiger partial charge in [0.25, 0.3) is 0 Å². The molecule has 8 nitrogen and oxygen atoms in total. The van der Waals surface area contributed by atoms with E-state index in [2.05, 4.69) is 42.7 Å². The van der Waals surface area contributed by atoms with E-state index in [-0.39, 0.29) is 5.91 Å². The Morgan fingerprint density at radius 2 is 2.03 bits per heavy atom. The Morgan fingerprint density at radius 1 is 1.17 bits per heavy atom. The van der Waals surface area contributed by atoms with E-state index in [1.54, 1.807) is 19.5 Å². The van der Waals surface area contributed by atoms with Crippen molar-refractivity contribution in [1.29, 1.82) is 0 Å². The number of pyridine rings is 1. The fraction of sp³-hybridized carbons (Fsp3) is 0.455. The quantitative estimate of drug-likeness (QED) is 0.387. The number of rotatable bonds is 11. The summed E-state index contributed by atoms with van der Waals surface area (Å²) >= 11 is 0. The van der Waals surface area contributed by atoms with Crippen molar-refractivity contribution in [2.24, 2.45) is 0 Å². The Labute approximate surface area is 178 Å². The van der Waals surface area contributed by atoms with E-state index >= 15 is 0 Å². The molecule has 1 amide bonds. The molecule has 0 aromatic carbocycles. The molecule has 8 heteroatoms. The van der Waals surface area contributed by atoms with Crippen molar-refractivity contribution < 1.29 is 9.53 Å². The van der Waals surface area contributed by atoms with Crippen LogP contribution in [0.3, 0.4) is 0 Å². The number of methoxy groups -OCH3 is 1. The van der Waals surface area contributed by atoms with Crippen molar-refractivity contribution >= 4 is 23.4 Å². The van der Waals surface area contributed by atoms with Crippen molar-refractivity contribution in [2.45, 2.75) is 39.5 Å². The average molecular weight is 411 g/mol. The first-order chi connectivity index (χ1) is 14.6. The minimum absolute atomic E-state index is 0.0609. The van der Waals surface area contributed by atoms with Crippen LogP contribution in [-0.4, -0.2) is 47.7 Å². The monoisotopic (exact) mass is 410 g/mol. The van der Waals surface area contributed by atoms with Crippen LogP contribution >= 0.6 is 0 Å². The lowest BCUT2D eigenvalue weighted by atomic mass is 10.2. The molecule has 0 aliphatic rings. The molecule has 2 heterocycles. The van der Waals surface area contributed by atoms with Crippen molar-refractivity contribution in [2.75, 3.05) is 37.4 Å². The Hall–Kier alpha value is -3.18. The van der Waals surface area contributed by atoms with Crippen LogP contribution in [0.15, 0.2) is 24.5 Å². The predicted molar refractivity (Wildman–Crippen MR) is 119 cm³/mol. The molecule has 30 heavy (non-hydrogen) atoms. The maximum atomic E-state index is 11.2. The van der Waals surface area contributed by atoms with Crippen LogP contribution in [0, 0.1) is 18.8 Å². The van der Waals surface area contributed by atoms with Crippen molar-refractivity contribution in [3.63, 3.8) is 0 Å². The lowest BCUT2D eigenvalue weighted by Gasteiger charge is -2.10. The first-order valence-corrected chi connectivity index (χ1v) is 10.2. The summed E-state index contributed by atoms with van der Waals surface area (Å²) in [7, 11) is 1.68. The Balaban J connectivity index is 2.03. The second kappa shape index (κ2) is 13.1. The van der Waals surface area contributed by atoms with Gasteiger partial charge in [0.15, 0.2) is 0 Å². The number of nitrogens with zero attached hydrogens (tertiary/aromatic N) is 3. The zero-order chi connectivity index (χ0) is 21.6. The van der Waals surface area contributed by atoms with Crippen LogP contribution < -0.4 is 16.0 Å². The lowest BCUT2D eigenvalue weighted by molar-refractivity contribution is -0.120. The summed E-state index contributed by atoms with van der Waals surface area (Å²) < 4.78 is 5.10. The number of hydrogen-bond acceptors (Lipinski definition) is 7. The second-order valence-corrected chi connectivity index (χ2v) is 6.65. The largest absolute Gasteiger partial charge is 0.385 e. The Bertz CT molecular complexity index is 858. The zero-order valence-electron chi connectivity index (χ0n) is 17.9. The minimum Gasteiger partial charge on any atom is -0.385 e. The molecule has 0 bridgehead atoms. The highest BCUT2D eigenvalue weighted by Gasteiger charge is 2.06. The molecule has 0 unspecified atom stereocenters. The van der Waals surface area contributed by atoms with Crippen molar-refractivity contribution in [3.05, 3.63) is 35.8 Å². The van der Waals surface area contributed by atoms with Gasteiger partial charge < -0.3 is 20.7 Å². The normalized spacial score (nSPS) is 10.1. The average Bonchev–Trinajstić information content (AvgIpc) is 2.76. The summed E-state index contributed by atoms with van der Waals surface area (Å²) in [6, 6.07) is 3.86. The first-order valence-electron chi connectivity index (χ1n) is 10.2. The molecule has 0 saturated heterocycles. The zero-order valence-corrected chi connectivity index (χ0v) is 17.9. The summed E-state index contributed by atoms with van der Waals surface area (Å²) in [6.07, 6.45) is 6.30. The van der Waals surface area contributed by atoms with Gasteiger partial charge in [-0.2, -0.15) is 4.98 Å². The summed E-state index contributed by atoms with van der Waals surface area (Å²) in [5.41, 5.74) is 2.50. The number of hydrogen-bond donors (Lipinski definition) is 3. The molecule has 2 aromatic rings. The molecule has 0 aliphatic carbocycles. The van der Waals surface area contributed by atoms with Crippen LogP contribution in [0.4, 0.5) is 17.5 Å². The maximum absolute atomic E-state index is 11.2. The number of nitrogens with one attached hydrogen (secondary N) is 3. The van der Waals surface area contributed by atoms with Gasteiger partial charge in [-0.3, -0.25) is 9.78 Å². The fourth-order valence-corrected chi connectivity index (χ4v) is 2.45. The van der Waals surface area contributed by atoms with Gasteiger partial charge in [-0.05, 0) is 31.9 Å². The highest BCUT2D eigenvalue weighted by molar-refractivity contribution is 5.75. The number of amides is 1. The SMILES string of the molecule is CCC(=O)NCCCC#Cc1cnc(Nc2ccc(C)nc2)nc1NCCCOC. The van der Waals surface area contributed by atoms with E-state index in [1.807, 2.05) is 26.0 Å². The van der Waals surface area contributed by atoms with E-state index in [0.717, 1.165) is 29.8 Å². The molecular weight excluding hydrogens is 380 g/mol. The van der Waals surface area contributed by atoms with Crippen molar-refractivity contribution in [1.82, 2.24) is 20.3 Å². The van der Waals surface area contributed by atoms with Crippen LogP contribution in [0.1, 0.15) is 43.9 Å². The number of ether oxygens (including phenoxy) is 1. The van der Waals surface area contributed by atoms with Gasteiger partial charge in [0.05, 0.1) is 23.6 Å². The number of anilines is 3. The third-order valence-corrected chi connectivity index (χ3v) is 4.12. The molecule has 0 aliphatic heterocycles. The Kier molecular flexibility index (Phi) is 10.1. The number of unbranched alkanes of at least 4 members (excludes halogenated alkanes) is 1. The molecule has 0 atom stereocenters. The van der Waals surface area contributed by atoms with E-state index in [4.69, 9.17) is 4.74 Å². The molecule has 0 saturated carbocycles. The third-order valence-electron chi connectivity index (χ3n) is 4.12. The van der Waals surface area contributed by atoms with Gasteiger partial charge in [0.2, 0.25) is 11.9 Å². The van der Waals surface area contributed by atoms with Gasteiger partial charge in [-0.25, -0.2) is 4.98 Å². The number of aromatic nitrogens is 3. The summed E-state index contributed by atoms with van der Waals surface area (Å²) in [6.45, 7) is 5.79. The van der Waals surface area contributed by atoms with Gasteiger partial charge in [0.1, 0.15) is 5.82 Å². The molecule has 0 radical (unpaired) electrons. The van der Waals surface area contributed by atoms with Crippen LogP contribution in [-0.2, 0) is 9.53 Å². The highest BCUT2D eigenvalue weighted by Crippen LogP contribution is 2.17. The smallest absolute Gasteiger partial charge is 0.229 e.